The van der Waals surface area contributed by atoms with Crippen LogP contribution < -0.4 is 0 Å². The number of aliphatic hydroxyl groups excluding tert-OH is 1. The monoisotopic (exact) mass is 188 g/mol. The number of hydrogen-bond donors (Lipinski definition) is 1. The second-order valence-electron chi connectivity index (χ2n) is 2.55. The summed E-state index contributed by atoms with van der Waals surface area (Å²) in [5, 5.41) is 9.05. The Balaban J connectivity index is 3.87. The standard InChI is InChI=1S/C8H12O5/c1-5(9)8(12)6(10)3-4-7(11)13-2/h6,10H,3-4H2,1-2H3. The van der Waals surface area contributed by atoms with Crippen molar-refractivity contribution in [3.05, 3.63) is 0 Å². The number of ether oxygens (including phenoxy) is 1. The Bertz CT molecular complexity index is 221. The predicted molar refractivity (Wildman–Crippen MR) is 42.9 cm³/mol. The lowest BCUT2D eigenvalue weighted by Gasteiger charge is -2.05. The van der Waals surface area contributed by atoms with Crippen molar-refractivity contribution in [2.75, 3.05) is 7.11 Å². The highest BCUT2D eigenvalue weighted by molar-refractivity contribution is 6.37. The van der Waals surface area contributed by atoms with Crippen LogP contribution in [0.1, 0.15) is 19.8 Å². The van der Waals surface area contributed by atoms with Gasteiger partial charge in [-0.1, -0.05) is 0 Å². The van der Waals surface area contributed by atoms with Crippen LogP contribution in [0, 0.1) is 0 Å². The van der Waals surface area contributed by atoms with Gasteiger partial charge < -0.3 is 9.84 Å². The molecule has 0 aromatic carbocycles. The first-order chi connectivity index (χ1) is 5.99. The number of ketones is 2. The van der Waals surface area contributed by atoms with Crippen molar-refractivity contribution in [2.45, 2.75) is 25.9 Å². The van der Waals surface area contributed by atoms with Crippen LogP contribution in [-0.4, -0.2) is 35.9 Å². The molecule has 13 heavy (non-hydrogen) atoms. The lowest BCUT2D eigenvalue weighted by Crippen LogP contribution is -2.27. The average Bonchev–Trinajstić information content (AvgIpc) is 2.11. The molecule has 0 aliphatic heterocycles. The fourth-order valence-corrected chi connectivity index (χ4v) is 0.722. The van der Waals surface area contributed by atoms with Gasteiger partial charge in [-0.15, -0.1) is 0 Å². The number of rotatable bonds is 5. The number of methoxy groups -OCH3 is 1. The zero-order valence-electron chi connectivity index (χ0n) is 7.57. The Kier molecular flexibility index (Phi) is 4.91. The summed E-state index contributed by atoms with van der Waals surface area (Å²) in [6, 6.07) is 0. The molecule has 0 rings (SSSR count). The molecule has 0 bridgehead atoms. The van der Waals surface area contributed by atoms with E-state index in [1.807, 2.05) is 0 Å². The van der Waals surface area contributed by atoms with Gasteiger partial charge in [-0.3, -0.25) is 14.4 Å². The molecule has 0 aliphatic rings. The fourth-order valence-electron chi connectivity index (χ4n) is 0.722. The molecule has 0 fully saturated rings. The van der Waals surface area contributed by atoms with Gasteiger partial charge in [0.25, 0.3) is 0 Å². The van der Waals surface area contributed by atoms with Gasteiger partial charge in [0, 0.05) is 13.3 Å². The fraction of sp³-hybridized carbons (Fsp3) is 0.625. The average molecular weight is 188 g/mol. The number of carbonyl (C=O) groups is 3. The van der Waals surface area contributed by atoms with Gasteiger partial charge in [0.1, 0.15) is 6.10 Å². The van der Waals surface area contributed by atoms with Crippen LogP contribution in [0.15, 0.2) is 0 Å². The first kappa shape index (κ1) is 11.8. The Labute approximate surface area is 75.7 Å². The first-order valence-electron chi connectivity index (χ1n) is 3.78. The molecule has 0 saturated heterocycles. The highest BCUT2D eigenvalue weighted by atomic mass is 16.5. The van der Waals surface area contributed by atoms with Crippen molar-refractivity contribution in [3.63, 3.8) is 0 Å². The van der Waals surface area contributed by atoms with E-state index in [1.54, 1.807) is 0 Å². The molecule has 5 heteroatoms. The Hall–Kier alpha value is -1.23. The minimum atomic E-state index is -1.39. The third kappa shape index (κ3) is 4.37. The van der Waals surface area contributed by atoms with Crippen LogP contribution in [-0.2, 0) is 19.1 Å². The number of aliphatic hydroxyl groups is 1. The lowest BCUT2D eigenvalue weighted by molar-refractivity contribution is -0.144. The zero-order chi connectivity index (χ0) is 10.4. The molecule has 1 N–H and O–H groups in total. The van der Waals surface area contributed by atoms with E-state index in [0.29, 0.717) is 0 Å². The molecule has 0 heterocycles. The van der Waals surface area contributed by atoms with E-state index in [4.69, 9.17) is 5.11 Å². The second kappa shape index (κ2) is 5.42. The van der Waals surface area contributed by atoms with Crippen molar-refractivity contribution < 1.29 is 24.2 Å². The molecule has 1 atom stereocenters. The van der Waals surface area contributed by atoms with Gasteiger partial charge in [0.05, 0.1) is 7.11 Å². The van der Waals surface area contributed by atoms with Gasteiger partial charge in [-0.05, 0) is 6.42 Å². The molecule has 0 aromatic heterocycles. The summed E-state index contributed by atoms with van der Waals surface area (Å²) < 4.78 is 4.29. The number of carbonyl (C=O) groups excluding carboxylic acids is 3. The molecule has 5 nitrogen and oxygen atoms in total. The molecule has 0 radical (unpaired) electrons. The Morgan fingerprint density at radius 3 is 2.31 bits per heavy atom. The normalized spacial score (nSPS) is 11.9. The van der Waals surface area contributed by atoms with Crippen molar-refractivity contribution in [1.82, 2.24) is 0 Å². The number of Topliss-reactive ketones (excluding diaryl/α,β-unsaturated/α-hetero) is 2. The van der Waals surface area contributed by atoms with Crippen molar-refractivity contribution in [2.24, 2.45) is 0 Å². The highest BCUT2D eigenvalue weighted by Crippen LogP contribution is 2.00. The van der Waals surface area contributed by atoms with E-state index >= 15 is 0 Å². The number of hydrogen-bond acceptors (Lipinski definition) is 5. The van der Waals surface area contributed by atoms with Crippen LogP contribution in [0.25, 0.3) is 0 Å². The molecule has 0 aliphatic carbocycles. The van der Waals surface area contributed by atoms with Crippen LogP contribution >= 0.6 is 0 Å². The van der Waals surface area contributed by atoms with Crippen molar-refractivity contribution >= 4 is 17.5 Å². The quantitative estimate of drug-likeness (QED) is 0.463. The smallest absolute Gasteiger partial charge is 0.305 e. The summed E-state index contributed by atoms with van der Waals surface area (Å²) in [5.41, 5.74) is 0. The van der Waals surface area contributed by atoms with Gasteiger partial charge in [-0.2, -0.15) is 0 Å². The van der Waals surface area contributed by atoms with Crippen LogP contribution in [0.3, 0.4) is 0 Å². The molecule has 0 saturated carbocycles. The van der Waals surface area contributed by atoms with E-state index in [1.165, 1.54) is 7.11 Å². The molecular formula is C8H12O5. The molecule has 74 valence electrons. The first-order valence-corrected chi connectivity index (χ1v) is 3.78. The van der Waals surface area contributed by atoms with Gasteiger partial charge in [0.15, 0.2) is 5.78 Å². The van der Waals surface area contributed by atoms with Gasteiger partial charge >= 0.3 is 5.97 Å². The summed E-state index contributed by atoms with van der Waals surface area (Å²) in [4.78, 5) is 31.8. The summed E-state index contributed by atoms with van der Waals surface area (Å²) in [6.07, 6.45) is -1.54. The molecular weight excluding hydrogens is 176 g/mol. The maximum Gasteiger partial charge on any atom is 0.305 e. The third-order valence-corrected chi connectivity index (χ3v) is 1.50. The summed E-state index contributed by atoms with van der Waals surface area (Å²) in [6.45, 7) is 1.07. The van der Waals surface area contributed by atoms with Crippen molar-refractivity contribution in [3.8, 4) is 0 Å². The van der Waals surface area contributed by atoms with E-state index < -0.39 is 23.6 Å². The third-order valence-electron chi connectivity index (χ3n) is 1.50. The summed E-state index contributed by atoms with van der Waals surface area (Å²) in [7, 11) is 1.21. The van der Waals surface area contributed by atoms with Crippen molar-refractivity contribution in [1.29, 1.82) is 0 Å². The molecule has 1 unspecified atom stereocenters. The SMILES string of the molecule is COC(=O)CCC(O)C(=O)C(C)=O. The van der Waals surface area contributed by atoms with Crippen LogP contribution in [0.2, 0.25) is 0 Å². The second-order valence-corrected chi connectivity index (χ2v) is 2.55. The minimum Gasteiger partial charge on any atom is -0.469 e. The van der Waals surface area contributed by atoms with E-state index in [0.717, 1.165) is 6.92 Å². The maximum absolute atomic E-state index is 10.8. The maximum atomic E-state index is 10.8. The molecule has 0 aromatic rings. The molecule has 0 spiro atoms. The summed E-state index contributed by atoms with van der Waals surface area (Å²) >= 11 is 0. The van der Waals surface area contributed by atoms with Crippen LogP contribution in [0.5, 0.6) is 0 Å². The highest BCUT2D eigenvalue weighted by Gasteiger charge is 2.20. The van der Waals surface area contributed by atoms with E-state index in [9.17, 15) is 14.4 Å². The topological polar surface area (TPSA) is 80.7 Å². The zero-order valence-corrected chi connectivity index (χ0v) is 7.57. The van der Waals surface area contributed by atoms with E-state index in [-0.39, 0.29) is 12.8 Å². The predicted octanol–water partition coefficient (Wildman–Crippen LogP) is -0.541. The lowest BCUT2D eigenvalue weighted by atomic mass is 10.1. The van der Waals surface area contributed by atoms with Gasteiger partial charge in [0.2, 0.25) is 5.78 Å². The molecule has 0 amide bonds. The number of esters is 1. The van der Waals surface area contributed by atoms with E-state index in [2.05, 4.69) is 4.74 Å². The Morgan fingerprint density at radius 2 is 1.92 bits per heavy atom. The van der Waals surface area contributed by atoms with Gasteiger partial charge in [-0.25, -0.2) is 0 Å². The van der Waals surface area contributed by atoms with Crippen LogP contribution in [0.4, 0.5) is 0 Å². The Morgan fingerprint density at radius 1 is 1.38 bits per heavy atom. The summed E-state index contributed by atoms with van der Waals surface area (Å²) in [5.74, 6) is -2.10. The minimum absolute atomic E-state index is 0.0727. The largest absolute Gasteiger partial charge is 0.469 e.